The van der Waals surface area contributed by atoms with Gasteiger partial charge in [0.15, 0.2) is 0 Å². The van der Waals surface area contributed by atoms with E-state index in [0.717, 1.165) is 18.4 Å². The van der Waals surface area contributed by atoms with Crippen molar-refractivity contribution in [3.63, 3.8) is 0 Å². The molecular formula is C19H16ClN3O. The minimum Gasteiger partial charge on any atom is -0.344 e. The number of nitrogens with zero attached hydrogens (tertiary/aromatic N) is 2. The third-order valence-corrected chi connectivity index (χ3v) is 4.14. The molecule has 120 valence electrons. The Bertz CT molecular complexity index is 807. The SMILES string of the molecule is N#C/C(=C\c1cccc(Cl)n1)C(=O)NC(c1ccccc1)C1CC1. The molecule has 1 unspecified atom stereocenters. The Morgan fingerprint density at radius 2 is 2.00 bits per heavy atom. The lowest BCUT2D eigenvalue weighted by Gasteiger charge is -2.18. The molecule has 1 N–H and O–H groups in total. The number of carbonyl (C=O) groups is 1. The second-order valence-corrected chi connectivity index (χ2v) is 6.14. The van der Waals surface area contributed by atoms with Gasteiger partial charge < -0.3 is 5.32 Å². The van der Waals surface area contributed by atoms with Gasteiger partial charge in [-0.25, -0.2) is 4.98 Å². The van der Waals surface area contributed by atoms with Crippen LogP contribution in [0.25, 0.3) is 6.08 Å². The van der Waals surface area contributed by atoms with Crippen molar-refractivity contribution in [1.82, 2.24) is 10.3 Å². The summed E-state index contributed by atoms with van der Waals surface area (Å²) in [6.07, 6.45) is 3.62. The van der Waals surface area contributed by atoms with Crippen LogP contribution in [0.5, 0.6) is 0 Å². The number of hydrogen-bond acceptors (Lipinski definition) is 3. The summed E-state index contributed by atoms with van der Waals surface area (Å²) >= 11 is 5.84. The van der Waals surface area contributed by atoms with E-state index in [1.54, 1.807) is 18.2 Å². The number of pyridine rings is 1. The molecule has 1 atom stereocenters. The number of amides is 1. The summed E-state index contributed by atoms with van der Waals surface area (Å²) in [5, 5.41) is 12.6. The van der Waals surface area contributed by atoms with E-state index in [-0.39, 0.29) is 17.5 Å². The van der Waals surface area contributed by atoms with Crippen LogP contribution in [0.15, 0.2) is 54.1 Å². The molecule has 1 heterocycles. The maximum absolute atomic E-state index is 12.5. The lowest BCUT2D eigenvalue weighted by atomic mass is 10.0. The van der Waals surface area contributed by atoms with Crippen LogP contribution in [0, 0.1) is 17.2 Å². The van der Waals surface area contributed by atoms with Crippen molar-refractivity contribution in [2.24, 2.45) is 5.92 Å². The third kappa shape index (κ3) is 4.01. The lowest BCUT2D eigenvalue weighted by molar-refractivity contribution is -0.117. The monoisotopic (exact) mass is 337 g/mol. The number of halogens is 1. The van der Waals surface area contributed by atoms with Crippen molar-refractivity contribution in [3.8, 4) is 6.07 Å². The molecule has 1 saturated carbocycles. The van der Waals surface area contributed by atoms with Crippen molar-refractivity contribution in [3.05, 3.63) is 70.5 Å². The van der Waals surface area contributed by atoms with E-state index in [1.165, 1.54) is 6.08 Å². The Balaban J connectivity index is 1.80. The number of nitriles is 1. The van der Waals surface area contributed by atoms with Gasteiger partial charge in [0.1, 0.15) is 16.8 Å². The summed E-state index contributed by atoms with van der Waals surface area (Å²) in [5.74, 6) is 0.0422. The first kappa shape index (κ1) is 16.2. The molecular weight excluding hydrogens is 322 g/mol. The standard InChI is InChI=1S/C19H16ClN3O/c20-17-8-4-7-16(22-17)11-15(12-21)19(24)23-18(14-9-10-14)13-5-2-1-3-6-13/h1-8,11,14,18H,9-10H2,(H,23,24)/b15-11+. The van der Waals surface area contributed by atoms with Crippen molar-refractivity contribution >= 4 is 23.6 Å². The van der Waals surface area contributed by atoms with Crippen LogP contribution in [0.4, 0.5) is 0 Å². The van der Waals surface area contributed by atoms with Gasteiger partial charge in [0.05, 0.1) is 11.7 Å². The van der Waals surface area contributed by atoms with E-state index in [2.05, 4.69) is 10.3 Å². The fourth-order valence-corrected chi connectivity index (χ4v) is 2.75. The molecule has 1 aromatic carbocycles. The topological polar surface area (TPSA) is 65.8 Å². The normalized spacial score (nSPS) is 15.4. The number of nitrogens with one attached hydrogen (secondary N) is 1. The Kier molecular flexibility index (Phi) is 4.93. The van der Waals surface area contributed by atoms with Gasteiger partial charge in [0.25, 0.3) is 5.91 Å². The van der Waals surface area contributed by atoms with Crippen LogP contribution >= 0.6 is 11.6 Å². The van der Waals surface area contributed by atoms with E-state index >= 15 is 0 Å². The summed E-state index contributed by atoms with van der Waals surface area (Å²) < 4.78 is 0. The Hall–Kier alpha value is -2.64. The van der Waals surface area contributed by atoms with Gasteiger partial charge >= 0.3 is 0 Å². The zero-order valence-electron chi connectivity index (χ0n) is 12.9. The predicted octanol–water partition coefficient (Wildman–Crippen LogP) is 3.91. The first-order chi connectivity index (χ1) is 11.7. The maximum Gasteiger partial charge on any atom is 0.262 e. The average Bonchev–Trinajstić information content (AvgIpc) is 3.43. The van der Waals surface area contributed by atoms with E-state index in [1.807, 2.05) is 36.4 Å². The zero-order chi connectivity index (χ0) is 16.9. The molecule has 2 aromatic rings. The maximum atomic E-state index is 12.5. The van der Waals surface area contributed by atoms with Crippen molar-refractivity contribution in [2.45, 2.75) is 18.9 Å². The average molecular weight is 338 g/mol. The van der Waals surface area contributed by atoms with Crippen LogP contribution in [-0.2, 0) is 4.79 Å². The highest BCUT2D eigenvalue weighted by Gasteiger charge is 2.33. The number of benzene rings is 1. The molecule has 1 amide bonds. The highest BCUT2D eigenvalue weighted by Crippen LogP contribution is 2.41. The van der Waals surface area contributed by atoms with E-state index in [0.29, 0.717) is 16.8 Å². The second kappa shape index (κ2) is 7.29. The van der Waals surface area contributed by atoms with E-state index in [9.17, 15) is 10.1 Å². The molecule has 24 heavy (non-hydrogen) atoms. The molecule has 0 spiro atoms. The molecule has 0 saturated heterocycles. The molecule has 1 aromatic heterocycles. The minimum absolute atomic E-state index is 0.0198. The fourth-order valence-electron chi connectivity index (χ4n) is 2.58. The molecule has 5 heteroatoms. The summed E-state index contributed by atoms with van der Waals surface area (Å²) in [4.78, 5) is 16.6. The third-order valence-electron chi connectivity index (χ3n) is 3.93. The van der Waals surface area contributed by atoms with Gasteiger partial charge in [0.2, 0.25) is 0 Å². The Morgan fingerprint density at radius 1 is 1.25 bits per heavy atom. The van der Waals surface area contributed by atoms with E-state index < -0.39 is 0 Å². The number of rotatable bonds is 5. The fraction of sp³-hybridized carbons (Fsp3) is 0.211. The number of hydrogen-bond donors (Lipinski definition) is 1. The molecule has 1 aliphatic rings. The zero-order valence-corrected chi connectivity index (χ0v) is 13.7. The molecule has 3 rings (SSSR count). The smallest absolute Gasteiger partial charge is 0.262 e. The minimum atomic E-state index is -0.389. The summed E-state index contributed by atoms with van der Waals surface area (Å²) in [6.45, 7) is 0. The van der Waals surface area contributed by atoms with Gasteiger partial charge in [0, 0.05) is 0 Å². The van der Waals surface area contributed by atoms with Crippen molar-refractivity contribution < 1.29 is 4.79 Å². The van der Waals surface area contributed by atoms with Gasteiger partial charge in [-0.05, 0) is 42.5 Å². The van der Waals surface area contributed by atoms with E-state index in [4.69, 9.17) is 11.6 Å². The highest BCUT2D eigenvalue weighted by molar-refractivity contribution is 6.29. The van der Waals surface area contributed by atoms with Gasteiger partial charge in [-0.3, -0.25) is 4.79 Å². The van der Waals surface area contributed by atoms with Crippen LogP contribution < -0.4 is 5.32 Å². The first-order valence-corrected chi connectivity index (χ1v) is 8.15. The summed E-state index contributed by atoms with van der Waals surface area (Å²) in [6, 6.07) is 16.8. The Morgan fingerprint density at radius 3 is 2.62 bits per heavy atom. The number of carbonyl (C=O) groups excluding carboxylic acids is 1. The van der Waals surface area contributed by atoms with Crippen molar-refractivity contribution in [2.75, 3.05) is 0 Å². The van der Waals surface area contributed by atoms with Gasteiger partial charge in [-0.1, -0.05) is 48.0 Å². The molecule has 1 aliphatic carbocycles. The van der Waals surface area contributed by atoms with Gasteiger partial charge in [-0.2, -0.15) is 5.26 Å². The second-order valence-electron chi connectivity index (χ2n) is 5.75. The molecule has 0 aliphatic heterocycles. The van der Waals surface area contributed by atoms with Gasteiger partial charge in [-0.15, -0.1) is 0 Å². The molecule has 1 fully saturated rings. The largest absolute Gasteiger partial charge is 0.344 e. The molecule has 4 nitrogen and oxygen atoms in total. The quantitative estimate of drug-likeness (QED) is 0.511. The van der Waals surface area contributed by atoms with Crippen LogP contribution in [-0.4, -0.2) is 10.9 Å². The predicted molar refractivity (Wildman–Crippen MR) is 92.9 cm³/mol. The first-order valence-electron chi connectivity index (χ1n) is 7.77. The van der Waals surface area contributed by atoms with Crippen LogP contribution in [0.3, 0.4) is 0 Å². The summed E-state index contributed by atoms with van der Waals surface area (Å²) in [7, 11) is 0. The summed E-state index contributed by atoms with van der Waals surface area (Å²) in [5.41, 5.74) is 1.56. The lowest BCUT2D eigenvalue weighted by Crippen LogP contribution is -2.30. The molecule has 0 radical (unpaired) electrons. The number of aromatic nitrogens is 1. The van der Waals surface area contributed by atoms with Crippen LogP contribution in [0.1, 0.15) is 30.1 Å². The van der Waals surface area contributed by atoms with Crippen molar-refractivity contribution in [1.29, 1.82) is 5.26 Å². The van der Waals surface area contributed by atoms with Crippen LogP contribution in [0.2, 0.25) is 5.15 Å². The highest BCUT2D eigenvalue weighted by atomic mass is 35.5. The Labute approximate surface area is 145 Å². The molecule has 0 bridgehead atoms.